The average Bonchev–Trinajstić information content (AvgIpc) is 2.52. The Labute approximate surface area is 149 Å². The third-order valence-electron chi connectivity index (χ3n) is 2.91. The van der Waals surface area contributed by atoms with E-state index in [0.717, 1.165) is 10.0 Å². The molecule has 1 aromatic rings. The monoisotopic (exact) mass is 399 g/mol. The number of nitrogens with one attached hydrogen (secondary N) is 2. The van der Waals surface area contributed by atoms with Crippen LogP contribution in [0.3, 0.4) is 0 Å². The maximum absolute atomic E-state index is 11.7. The van der Waals surface area contributed by atoms with Crippen LogP contribution in [0, 0.1) is 6.92 Å². The lowest BCUT2D eigenvalue weighted by molar-refractivity contribution is -0.123. The number of carbonyl (C=O) groups is 2. The van der Waals surface area contributed by atoms with E-state index >= 15 is 0 Å². The highest BCUT2D eigenvalue weighted by Gasteiger charge is 2.06. The van der Waals surface area contributed by atoms with E-state index in [2.05, 4.69) is 31.8 Å². The summed E-state index contributed by atoms with van der Waals surface area (Å²) in [5.41, 5.74) is 3.79. The van der Waals surface area contributed by atoms with E-state index in [9.17, 15) is 9.59 Å². The van der Waals surface area contributed by atoms with E-state index in [1.165, 1.54) is 0 Å². The quantitative estimate of drug-likeness (QED) is 0.376. The Balaban J connectivity index is 2.35. The van der Waals surface area contributed by atoms with Gasteiger partial charge in [-0.15, -0.1) is 0 Å². The zero-order chi connectivity index (χ0) is 17.9. The van der Waals surface area contributed by atoms with Crippen molar-refractivity contribution in [2.75, 3.05) is 26.9 Å². The summed E-state index contributed by atoms with van der Waals surface area (Å²) in [6.07, 6.45) is 0.108. The summed E-state index contributed by atoms with van der Waals surface area (Å²) in [6, 6.07) is 5.52. The highest BCUT2D eigenvalue weighted by atomic mass is 79.9. The van der Waals surface area contributed by atoms with Gasteiger partial charge in [0.05, 0.1) is 13.0 Å². The number of carbonyl (C=O) groups excluding carboxylic acids is 2. The molecule has 7 nitrogen and oxygen atoms in total. The van der Waals surface area contributed by atoms with Gasteiger partial charge in [-0.25, -0.2) is 5.43 Å². The summed E-state index contributed by atoms with van der Waals surface area (Å²) in [7, 11) is 1.56. The zero-order valence-electron chi connectivity index (χ0n) is 14.0. The number of halogens is 1. The number of methoxy groups -OCH3 is 1. The van der Waals surface area contributed by atoms with Crippen LogP contribution in [0.15, 0.2) is 27.8 Å². The van der Waals surface area contributed by atoms with Gasteiger partial charge in [0.1, 0.15) is 5.75 Å². The fraction of sp³-hybridized carbons (Fsp3) is 0.438. The van der Waals surface area contributed by atoms with Crippen molar-refractivity contribution in [1.29, 1.82) is 0 Å². The molecule has 132 valence electrons. The first-order valence-electron chi connectivity index (χ1n) is 7.39. The number of hydrogen-bond donors (Lipinski definition) is 2. The molecule has 2 amide bonds. The topological polar surface area (TPSA) is 89.0 Å². The standard InChI is InChI=1S/C16H22BrN3O4/c1-11-8-13(17)4-5-14(11)24-10-16(22)20-19-12(2)9-15(21)18-6-7-23-3/h4-5,8H,6-7,9-10H2,1-3H3,(H,18,21)(H,20,22)/b19-12-. The lowest BCUT2D eigenvalue weighted by atomic mass is 10.2. The molecule has 0 aliphatic rings. The normalized spacial score (nSPS) is 11.1. The molecule has 24 heavy (non-hydrogen) atoms. The van der Waals surface area contributed by atoms with Crippen molar-refractivity contribution < 1.29 is 19.1 Å². The van der Waals surface area contributed by atoms with Crippen molar-refractivity contribution in [3.05, 3.63) is 28.2 Å². The lowest BCUT2D eigenvalue weighted by Gasteiger charge is -2.08. The maximum atomic E-state index is 11.7. The summed E-state index contributed by atoms with van der Waals surface area (Å²) < 4.78 is 11.2. The number of hydrazone groups is 1. The molecular formula is C16H22BrN3O4. The van der Waals surface area contributed by atoms with Crippen molar-refractivity contribution in [2.24, 2.45) is 5.10 Å². The second kappa shape index (κ2) is 10.8. The number of ether oxygens (including phenoxy) is 2. The predicted molar refractivity (Wildman–Crippen MR) is 95.1 cm³/mol. The van der Waals surface area contributed by atoms with Gasteiger partial charge in [-0.3, -0.25) is 9.59 Å². The Hall–Kier alpha value is -1.93. The van der Waals surface area contributed by atoms with Crippen LogP contribution in [0.2, 0.25) is 0 Å². The highest BCUT2D eigenvalue weighted by Crippen LogP contribution is 2.21. The summed E-state index contributed by atoms with van der Waals surface area (Å²) in [5.74, 6) is 0.0623. The van der Waals surface area contributed by atoms with Crippen LogP contribution in [0.4, 0.5) is 0 Å². The van der Waals surface area contributed by atoms with E-state index in [1.807, 2.05) is 19.1 Å². The van der Waals surface area contributed by atoms with E-state index < -0.39 is 5.91 Å². The maximum Gasteiger partial charge on any atom is 0.277 e. The van der Waals surface area contributed by atoms with Crippen molar-refractivity contribution in [3.63, 3.8) is 0 Å². The molecule has 0 heterocycles. The van der Waals surface area contributed by atoms with E-state index in [1.54, 1.807) is 20.1 Å². The molecule has 0 aromatic heterocycles. The van der Waals surface area contributed by atoms with Crippen LogP contribution in [0.1, 0.15) is 18.9 Å². The number of amides is 2. The van der Waals surface area contributed by atoms with Gasteiger partial charge in [-0.2, -0.15) is 5.10 Å². The second-order valence-electron chi connectivity index (χ2n) is 5.10. The second-order valence-corrected chi connectivity index (χ2v) is 6.02. The molecule has 1 aromatic carbocycles. The Morgan fingerprint density at radius 3 is 2.71 bits per heavy atom. The molecule has 0 atom stereocenters. The lowest BCUT2D eigenvalue weighted by Crippen LogP contribution is -2.30. The third-order valence-corrected chi connectivity index (χ3v) is 3.41. The van der Waals surface area contributed by atoms with E-state index in [0.29, 0.717) is 24.6 Å². The molecule has 0 fully saturated rings. The molecule has 0 saturated carbocycles. The van der Waals surface area contributed by atoms with E-state index in [-0.39, 0.29) is 18.9 Å². The molecule has 0 unspecified atom stereocenters. The molecule has 0 aliphatic heterocycles. The van der Waals surface area contributed by atoms with Gasteiger partial charge in [0.2, 0.25) is 5.91 Å². The summed E-state index contributed by atoms with van der Waals surface area (Å²) >= 11 is 3.36. The molecule has 0 aliphatic carbocycles. The number of aryl methyl sites for hydroxylation is 1. The number of benzene rings is 1. The molecule has 0 bridgehead atoms. The minimum absolute atomic E-state index is 0.108. The van der Waals surface area contributed by atoms with Crippen molar-refractivity contribution >= 4 is 33.5 Å². The summed E-state index contributed by atoms with van der Waals surface area (Å²) in [4.78, 5) is 23.3. The van der Waals surface area contributed by atoms with Crippen LogP contribution >= 0.6 is 15.9 Å². The average molecular weight is 400 g/mol. The van der Waals surface area contributed by atoms with Gasteiger partial charge >= 0.3 is 0 Å². The van der Waals surface area contributed by atoms with Crippen LogP contribution in [0.25, 0.3) is 0 Å². The molecule has 8 heteroatoms. The van der Waals surface area contributed by atoms with Gasteiger partial charge in [0.25, 0.3) is 5.91 Å². The minimum atomic E-state index is -0.392. The first-order valence-corrected chi connectivity index (χ1v) is 8.18. The van der Waals surface area contributed by atoms with Crippen molar-refractivity contribution in [1.82, 2.24) is 10.7 Å². The molecule has 1 rings (SSSR count). The van der Waals surface area contributed by atoms with Gasteiger partial charge in [-0.1, -0.05) is 15.9 Å². The predicted octanol–water partition coefficient (Wildman–Crippen LogP) is 1.78. The molecule has 2 N–H and O–H groups in total. The number of hydrogen-bond acceptors (Lipinski definition) is 5. The number of rotatable bonds is 9. The Morgan fingerprint density at radius 2 is 2.04 bits per heavy atom. The summed E-state index contributed by atoms with van der Waals surface area (Å²) in [6.45, 7) is 4.29. The van der Waals surface area contributed by atoms with Crippen molar-refractivity contribution in [2.45, 2.75) is 20.3 Å². The smallest absolute Gasteiger partial charge is 0.277 e. The molecule has 0 saturated heterocycles. The molecular weight excluding hydrogens is 378 g/mol. The highest BCUT2D eigenvalue weighted by molar-refractivity contribution is 9.10. The summed E-state index contributed by atoms with van der Waals surface area (Å²) in [5, 5.41) is 6.55. The fourth-order valence-electron chi connectivity index (χ4n) is 1.74. The van der Waals surface area contributed by atoms with E-state index in [4.69, 9.17) is 9.47 Å². The number of nitrogens with zero attached hydrogens (tertiary/aromatic N) is 1. The van der Waals surface area contributed by atoms with Crippen LogP contribution < -0.4 is 15.5 Å². The SMILES string of the molecule is COCCNC(=O)C/C(C)=N\NC(=O)COc1ccc(Br)cc1C. The zero-order valence-corrected chi connectivity index (χ0v) is 15.6. The first kappa shape index (κ1) is 20.1. The fourth-order valence-corrected chi connectivity index (χ4v) is 2.21. The first-order chi connectivity index (χ1) is 11.4. The van der Waals surface area contributed by atoms with Gasteiger partial charge in [-0.05, 0) is 37.6 Å². The van der Waals surface area contributed by atoms with Gasteiger partial charge in [0.15, 0.2) is 6.61 Å². The minimum Gasteiger partial charge on any atom is -0.483 e. The Morgan fingerprint density at radius 1 is 1.29 bits per heavy atom. The van der Waals surface area contributed by atoms with Crippen molar-refractivity contribution in [3.8, 4) is 5.75 Å². The van der Waals surface area contributed by atoms with Crippen LogP contribution in [0.5, 0.6) is 5.75 Å². The Kier molecular flexibility index (Phi) is 9.03. The largest absolute Gasteiger partial charge is 0.483 e. The molecule has 0 radical (unpaired) electrons. The third kappa shape index (κ3) is 8.07. The van der Waals surface area contributed by atoms with Crippen LogP contribution in [-0.2, 0) is 14.3 Å². The van der Waals surface area contributed by atoms with Gasteiger partial charge in [0, 0.05) is 23.8 Å². The Bertz CT molecular complexity index is 605. The van der Waals surface area contributed by atoms with Crippen LogP contribution in [-0.4, -0.2) is 44.4 Å². The van der Waals surface area contributed by atoms with Gasteiger partial charge < -0.3 is 14.8 Å². The molecule has 0 spiro atoms.